The molecular weight excluding hydrogens is 238 g/mol. The molecule has 0 saturated heterocycles. The van der Waals surface area contributed by atoms with Gasteiger partial charge in [0, 0.05) is 18.2 Å². The van der Waals surface area contributed by atoms with Crippen molar-refractivity contribution in [2.24, 2.45) is 0 Å². The lowest BCUT2D eigenvalue weighted by Crippen LogP contribution is -2.08. The number of aryl methyl sites for hydroxylation is 1. The van der Waals surface area contributed by atoms with Gasteiger partial charge in [-0.1, -0.05) is 6.07 Å². The van der Waals surface area contributed by atoms with Crippen LogP contribution < -0.4 is 0 Å². The van der Waals surface area contributed by atoms with Gasteiger partial charge in [0.25, 0.3) is 0 Å². The Labute approximate surface area is 103 Å². The summed E-state index contributed by atoms with van der Waals surface area (Å²) >= 11 is 0. The second kappa shape index (κ2) is 5.18. The van der Waals surface area contributed by atoms with Crippen molar-refractivity contribution in [3.63, 3.8) is 0 Å². The topological polar surface area (TPSA) is 46.0 Å². The van der Waals surface area contributed by atoms with Gasteiger partial charge in [-0.05, 0) is 25.1 Å². The van der Waals surface area contributed by atoms with Crippen LogP contribution in [0.25, 0.3) is 0 Å². The first-order chi connectivity index (χ1) is 8.58. The third-order valence-corrected chi connectivity index (χ3v) is 2.60. The number of hydrogen-bond donors (Lipinski definition) is 1. The summed E-state index contributed by atoms with van der Waals surface area (Å²) in [6.45, 7) is 1.68. The molecule has 3 nitrogen and oxygen atoms in total. The van der Waals surface area contributed by atoms with Gasteiger partial charge in [-0.25, -0.2) is 18.7 Å². The highest BCUT2D eigenvalue weighted by atomic mass is 19.1. The maximum absolute atomic E-state index is 13.4. The highest BCUT2D eigenvalue weighted by Gasteiger charge is 2.16. The molecule has 1 N–H and O–H groups in total. The quantitative estimate of drug-likeness (QED) is 0.909. The van der Waals surface area contributed by atoms with Gasteiger partial charge in [0.2, 0.25) is 0 Å². The molecule has 0 aliphatic heterocycles. The number of halogens is 2. The van der Waals surface area contributed by atoms with Crippen molar-refractivity contribution in [1.82, 2.24) is 9.97 Å². The number of benzene rings is 1. The van der Waals surface area contributed by atoms with E-state index < -0.39 is 17.7 Å². The summed E-state index contributed by atoms with van der Waals surface area (Å²) in [4.78, 5) is 7.92. The molecule has 1 aromatic heterocycles. The SMILES string of the molecule is Cc1nccc(C(O)Cc2c(F)cccc2F)n1. The van der Waals surface area contributed by atoms with Crippen LogP contribution in [0.4, 0.5) is 8.78 Å². The van der Waals surface area contributed by atoms with Gasteiger partial charge >= 0.3 is 0 Å². The molecule has 94 valence electrons. The number of aliphatic hydroxyl groups is 1. The normalized spacial score (nSPS) is 12.4. The van der Waals surface area contributed by atoms with Crippen LogP contribution in [0.1, 0.15) is 23.2 Å². The third-order valence-electron chi connectivity index (χ3n) is 2.60. The van der Waals surface area contributed by atoms with Crippen LogP contribution in [0.2, 0.25) is 0 Å². The molecule has 2 aromatic rings. The van der Waals surface area contributed by atoms with Gasteiger partial charge in [-0.15, -0.1) is 0 Å². The van der Waals surface area contributed by atoms with Crippen molar-refractivity contribution in [3.8, 4) is 0 Å². The molecule has 0 radical (unpaired) electrons. The summed E-state index contributed by atoms with van der Waals surface area (Å²) in [6.07, 6.45) is 0.284. The minimum absolute atomic E-state index is 0.138. The summed E-state index contributed by atoms with van der Waals surface area (Å²) in [6, 6.07) is 5.14. The van der Waals surface area contributed by atoms with Crippen LogP contribution in [0.3, 0.4) is 0 Å². The molecule has 0 spiro atoms. The fourth-order valence-electron chi connectivity index (χ4n) is 1.69. The van der Waals surface area contributed by atoms with Gasteiger partial charge < -0.3 is 5.11 Å². The third kappa shape index (κ3) is 2.68. The number of aromatic nitrogens is 2. The summed E-state index contributed by atoms with van der Waals surface area (Å²) in [7, 11) is 0. The van der Waals surface area contributed by atoms with Gasteiger partial charge in [0.15, 0.2) is 0 Å². The highest BCUT2D eigenvalue weighted by Crippen LogP contribution is 2.20. The van der Waals surface area contributed by atoms with E-state index in [0.29, 0.717) is 11.5 Å². The molecule has 5 heteroatoms. The first-order valence-corrected chi connectivity index (χ1v) is 5.48. The molecule has 2 rings (SSSR count). The van der Waals surface area contributed by atoms with E-state index in [9.17, 15) is 13.9 Å². The molecule has 0 bridgehead atoms. The molecule has 0 aliphatic rings. The minimum atomic E-state index is -1.06. The van der Waals surface area contributed by atoms with E-state index >= 15 is 0 Å². The van der Waals surface area contributed by atoms with Crippen molar-refractivity contribution in [2.45, 2.75) is 19.4 Å². The van der Waals surface area contributed by atoms with Crippen molar-refractivity contribution in [2.75, 3.05) is 0 Å². The predicted molar refractivity (Wildman–Crippen MR) is 61.8 cm³/mol. The zero-order chi connectivity index (χ0) is 13.1. The number of nitrogens with zero attached hydrogens (tertiary/aromatic N) is 2. The summed E-state index contributed by atoms with van der Waals surface area (Å²) in [5, 5.41) is 9.92. The Kier molecular flexibility index (Phi) is 3.62. The van der Waals surface area contributed by atoms with Crippen LogP contribution in [0.5, 0.6) is 0 Å². The zero-order valence-corrected chi connectivity index (χ0v) is 9.77. The van der Waals surface area contributed by atoms with Gasteiger partial charge in [-0.3, -0.25) is 0 Å². The number of rotatable bonds is 3. The molecule has 1 unspecified atom stereocenters. The fraction of sp³-hybridized carbons (Fsp3) is 0.231. The smallest absolute Gasteiger partial charge is 0.129 e. The first-order valence-electron chi connectivity index (χ1n) is 5.48. The van der Waals surface area contributed by atoms with Crippen molar-refractivity contribution in [3.05, 3.63) is 59.2 Å². The molecular formula is C13H12F2N2O. The molecule has 0 fully saturated rings. The summed E-state index contributed by atoms with van der Waals surface area (Å²) in [5.74, 6) is -0.833. The molecule has 18 heavy (non-hydrogen) atoms. The van der Waals surface area contributed by atoms with E-state index in [4.69, 9.17) is 0 Å². The van der Waals surface area contributed by atoms with Gasteiger partial charge in [0.05, 0.1) is 5.69 Å². The Morgan fingerprint density at radius 3 is 2.50 bits per heavy atom. The lowest BCUT2D eigenvalue weighted by Gasteiger charge is -2.11. The van der Waals surface area contributed by atoms with Crippen LogP contribution >= 0.6 is 0 Å². The van der Waals surface area contributed by atoms with E-state index in [0.717, 1.165) is 12.1 Å². The highest BCUT2D eigenvalue weighted by molar-refractivity contribution is 5.22. The second-order valence-electron chi connectivity index (χ2n) is 3.95. The van der Waals surface area contributed by atoms with E-state index in [-0.39, 0.29) is 12.0 Å². The van der Waals surface area contributed by atoms with E-state index in [1.54, 1.807) is 6.92 Å². The number of aliphatic hydroxyl groups excluding tert-OH is 1. The fourth-order valence-corrected chi connectivity index (χ4v) is 1.69. The Hall–Kier alpha value is -1.88. The van der Waals surface area contributed by atoms with Crippen LogP contribution in [0, 0.1) is 18.6 Å². The van der Waals surface area contributed by atoms with E-state index in [1.165, 1.54) is 18.3 Å². The van der Waals surface area contributed by atoms with Crippen molar-refractivity contribution in [1.29, 1.82) is 0 Å². The first kappa shape index (κ1) is 12.6. The Balaban J connectivity index is 2.24. The Bertz CT molecular complexity index is 540. The van der Waals surface area contributed by atoms with Crippen LogP contribution in [-0.4, -0.2) is 15.1 Å². The van der Waals surface area contributed by atoms with Crippen molar-refractivity contribution < 1.29 is 13.9 Å². The zero-order valence-electron chi connectivity index (χ0n) is 9.77. The largest absolute Gasteiger partial charge is 0.386 e. The summed E-state index contributed by atoms with van der Waals surface area (Å²) in [5.41, 5.74) is 0.214. The maximum Gasteiger partial charge on any atom is 0.129 e. The minimum Gasteiger partial charge on any atom is -0.386 e. The van der Waals surface area contributed by atoms with Gasteiger partial charge in [0.1, 0.15) is 23.6 Å². The van der Waals surface area contributed by atoms with Crippen LogP contribution in [-0.2, 0) is 6.42 Å². The predicted octanol–water partition coefficient (Wildman–Crippen LogP) is 2.34. The molecule has 1 atom stereocenters. The molecule has 0 amide bonds. The average Bonchev–Trinajstić information content (AvgIpc) is 2.34. The van der Waals surface area contributed by atoms with Gasteiger partial charge in [-0.2, -0.15) is 0 Å². The number of hydrogen-bond acceptors (Lipinski definition) is 3. The lowest BCUT2D eigenvalue weighted by molar-refractivity contribution is 0.170. The second-order valence-corrected chi connectivity index (χ2v) is 3.95. The lowest BCUT2D eigenvalue weighted by atomic mass is 10.0. The summed E-state index contributed by atoms with van der Waals surface area (Å²) < 4.78 is 26.8. The molecule has 1 aromatic carbocycles. The molecule has 1 heterocycles. The van der Waals surface area contributed by atoms with Crippen molar-refractivity contribution >= 4 is 0 Å². The molecule has 0 saturated carbocycles. The van der Waals surface area contributed by atoms with E-state index in [2.05, 4.69) is 9.97 Å². The maximum atomic E-state index is 13.4. The average molecular weight is 250 g/mol. The van der Waals surface area contributed by atoms with E-state index in [1.807, 2.05) is 0 Å². The standard InChI is InChI=1S/C13H12F2N2O/c1-8-16-6-5-12(17-8)13(18)7-9-10(14)3-2-4-11(9)15/h2-6,13,18H,7H2,1H3. The molecule has 0 aliphatic carbocycles. The Morgan fingerprint density at radius 2 is 1.89 bits per heavy atom. The monoisotopic (exact) mass is 250 g/mol. The Morgan fingerprint density at radius 1 is 1.22 bits per heavy atom. The van der Waals surface area contributed by atoms with Crippen LogP contribution in [0.15, 0.2) is 30.5 Å².